The van der Waals surface area contributed by atoms with Gasteiger partial charge in [0.15, 0.2) is 0 Å². The van der Waals surface area contributed by atoms with Crippen molar-refractivity contribution in [2.24, 2.45) is 0 Å². The summed E-state index contributed by atoms with van der Waals surface area (Å²) in [6, 6.07) is 13.9. The molecule has 0 fully saturated rings. The highest BCUT2D eigenvalue weighted by Gasteiger charge is 2.39. The molecule has 0 atom stereocenters. The molecule has 0 spiro atoms. The molecule has 0 N–H and O–H groups in total. The van der Waals surface area contributed by atoms with Gasteiger partial charge in [-0.2, -0.15) is 0 Å². The number of benzene rings is 2. The summed E-state index contributed by atoms with van der Waals surface area (Å²) in [5.74, 6) is 0.857. The van der Waals surface area contributed by atoms with Crippen LogP contribution in [0.15, 0.2) is 42.5 Å². The fraction of sp³-hybridized carbons (Fsp3) is 0.381. The van der Waals surface area contributed by atoms with Crippen molar-refractivity contribution in [1.82, 2.24) is 4.57 Å². The Hall–Kier alpha value is -2.27. The number of hydrogen-bond acceptors (Lipinski definition) is 3. The van der Waals surface area contributed by atoms with Gasteiger partial charge < -0.3 is 9.16 Å². The summed E-state index contributed by atoms with van der Waals surface area (Å²) >= 11 is 0. The lowest BCUT2D eigenvalue weighted by atomic mass is 10.1. The van der Waals surface area contributed by atoms with E-state index < -0.39 is 8.32 Å². The Morgan fingerprint density at radius 1 is 1.04 bits per heavy atom. The molecule has 0 aliphatic heterocycles. The van der Waals surface area contributed by atoms with Gasteiger partial charge in [-0.3, -0.25) is 0 Å². The molecule has 138 valence electrons. The highest BCUT2D eigenvalue weighted by molar-refractivity contribution is 6.74. The topological polar surface area (TPSA) is 40.5 Å². The third-order valence-electron chi connectivity index (χ3n) is 5.27. The Balaban J connectivity index is 2.16. The second-order valence-corrected chi connectivity index (χ2v) is 12.8. The lowest BCUT2D eigenvalue weighted by Crippen LogP contribution is -2.43. The first-order valence-corrected chi connectivity index (χ1v) is 12.0. The summed E-state index contributed by atoms with van der Waals surface area (Å²) in [6.45, 7) is 13.3. The van der Waals surface area contributed by atoms with Gasteiger partial charge in [-0.1, -0.05) is 39.0 Å². The lowest BCUT2D eigenvalue weighted by Gasteiger charge is -2.36. The van der Waals surface area contributed by atoms with E-state index in [1.54, 1.807) is 4.57 Å². The minimum atomic E-state index is -1.93. The number of nitrogens with zero attached hydrogens (tertiary/aromatic N) is 1. The summed E-state index contributed by atoms with van der Waals surface area (Å²) in [6.07, 6.45) is -0.350. The van der Waals surface area contributed by atoms with E-state index in [1.165, 1.54) is 0 Å². The van der Waals surface area contributed by atoms with E-state index in [4.69, 9.17) is 9.16 Å². The van der Waals surface area contributed by atoms with Gasteiger partial charge in [-0.15, -0.1) is 0 Å². The average Bonchev–Trinajstić information content (AvgIpc) is 2.87. The molecule has 4 nitrogen and oxygen atoms in total. The van der Waals surface area contributed by atoms with E-state index in [2.05, 4.69) is 33.9 Å². The summed E-state index contributed by atoms with van der Waals surface area (Å²) in [5.41, 5.74) is 1.69. The number of aromatic nitrogens is 1. The van der Waals surface area contributed by atoms with Gasteiger partial charge in [0.25, 0.3) is 0 Å². The monoisotopic (exact) mass is 369 g/mol. The normalized spacial score (nSPS) is 12.5. The van der Waals surface area contributed by atoms with Crippen LogP contribution in [0.25, 0.3) is 21.8 Å². The number of carbonyl (C=O) groups is 1. The van der Waals surface area contributed by atoms with Crippen LogP contribution in [-0.4, -0.2) is 25.6 Å². The fourth-order valence-electron chi connectivity index (χ4n) is 2.85. The summed E-state index contributed by atoms with van der Waals surface area (Å²) < 4.78 is 13.4. The van der Waals surface area contributed by atoms with Crippen LogP contribution >= 0.6 is 0 Å². The summed E-state index contributed by atoms with van der Waals surface area (Å²) in [7, 11) is -1.93. The molecule has 0 amide bonds. The summed E-state index contributed by atoms with van der Waals surface area (Å²) in [4.78, 5) is 12.5. The first-order chi connectivity index (χ1) is 12.2. The molecule has 0 aliphatic carbocycles. The zero-order valence-electron chi connectivity index (χ0n) is 16.4. The van der Waals surface area contributed by atoms with Gasteiger partial charge >= 0.3 is 6.09 Å². The number of hydrogen-bond donors (Lipinski definition) is 0. The molecule has 5 heteroatoms. The van der Waals surface area contributed by atoms with Crippen LogP contribution in [-0.2, 0) is 4.74 Å². The van der Waals surface area contributed by atoms with Crippen LogP contribution in [0.4, 0.5) is 4.79 Å². The molecule has 0 saturated heterocycles. The van der Waals surface area contributed by atoms with Gasteiger partial charge in [0.2, 0.25) is 8.32 Å². The highest BCUT2D eigenvalue weighted by atomic mass is 28.4. The van der Waals surface area contributed by atoms with E-state index in [-0.39, 0.29) is 11.1 Å². The zero-order valence-corrected chi connectivity index (χ0v) is 17.4. The smallest absolute Gasteiger partial charge is 0.418 e. The molecule has 0 bridgehead atoms. The molecule has 3 rings (SSSR count). The SMILES string of the molecule is CCOC(=O)n1c2ccccc2c2cc(O[Si](C)(C)C(C)(C)C)ccc21. The van der Waals surface area contributed by atoms with E-state index in [0.29, 0.717) is 6.61 Å². The van der Waals surface area contributed by atoms with Gasteiger partial charge in [0.05, 0.1) is 17.6 Å². The maximum Gasteiger partial charge on any atom is 0.418 e. The fourth-order valence-corrected chi connectivity index (χ4v) is 3.87. The average molecular weight is 370 g/mol. The Morgan fingerprint density at radius 2 is 1.69 bits per heavy atom. The van der Waals surface area contributed by atoms with Crippen molar-refractivity contribution in [3.8, 4) is 5.75 Å². The van der Waals surface area contributed by atoms with Crippen LogP contribution in [0, 0.1) is 0 Å². The van der Waals surface area contributed by atoms with Crippen molar-refractivity contribution in [1.29, 1.82) is 0 Å². The molecule has 1 aromatic heterocycles. The number of rotatable bonds is 3. The Morgan fingerprint density at radius 3 is 2.35 bits per heavy atom. The molecule has 26 heavy (non-hydrogen) atoms. The molecule has 2 aromatic carbocycles. The van der Waals surface area contributed by atoms with E-state index in [9.17, 15) is 4.79 Å². The molecule has 0 saturated carbocycles. The molecular weight excluding hydrogens is 342 g/mol. The van der Waals surface area contributed by atoms with Crippen LogP contribution in [0.2, 0.25) is 18.1 Å². The summed E-state index contributed by atoms with van der Waals surface area (Å²) in [5, 5.41) is 2.15. The van der Waals surface area contributed by atoms with Gasteiger partial charge in [-0.25, -0.2) is 9.36 Å². The highest BCUT2D eigenvalue weighted by Crippen LogP contribution is 2.39. The molecular formula is C21H27NO3Si. The third-order valence-corrected chi connectivity index (χ3v) is 9.63. The standard InChI is InChI=1S/C21H27NO3Si/c1-7-24-20(23)22-18-11-9-8-10-16(18)17-14-15(12-13-19(17)22)25-26(5,6)21(2,3)4/h8-14H,7H2,1-6H3. The minimum Gasteiger partial charge on any atom is -0.543 e. The van der Waals surface area contributed by atoms with E-state index in [0.717, 1.165) is 27.6 Å². The van der Waals surface area contributed by atoms with Crippen LogP contribution in [0.1, 0.15) is 27.7 Å². The quantitative estimate of drug-likeness (QED) is 0.517. The molecule has 0 unspecified atom stereocenters. The Bertz CT molecular complexity index is 966. The van der Waals surface area contributed by atoms with Gasteiger partial charge in [0.1, 0.15) is 5.75 Å². The predicted octanol–water partition coefficient (Wildman–Crippen LogP) is 6.18. The van der Waals surface area contributed by atoms with Crippen LogP contribution < -0.4 is 4.43 Å². The van der Waals surface area contributed by atoms with E-state index >= 15 is 0 Å². The first-order valence-electron chi connectivity index (χ1n) is 9.05. The number of para-hydroxylation sites is 1. The molecule has 1 heterocycles. The number of carbonyl (C=O) groups excluding carboxylic acids is 1. The maximum absolute atomic E-state index is 12.5. The van der Waals surface area contributed by atoms with E-state index in [1.807, 2.05) is 49.4 Å². The maximum atomic E-state index is 12.5. The number of fused-ring (bicyclic) bond motifs is 3. The number of ether oxygens (including phenoxy) is 1. The minimum absolute atomic E-state index is 0.126. The third kappa shape index (κ3) is 3.12. The lowest BCUT2D eigenvalue weighted by molar-refractivity contribution is 0.156. The Kier molecular flexibility index (Phi) is 4.61. The van der Waals surface area contributed by atoms with Crippen molar-refractivity contribution in [2.45, 2.75) is 45.8 Å². The van der Waals surface area contributed by atoms with Gasteiger partial charge in [0, 0.05) is 10.8 Å². The zero-order chi connectivity index (χ0) is 19.1. The second kappa shape index (κ2) is 6.47. The van der Waals surface area contributed by atoms with Gasteiger partial charge in [-0.05, 0) is 49.3 Å². The van der Waals surface area contributed by atoms with Crippen molar-refractivity contribution in [2.75, 3.05) is 6.61 Å². The first kappa shape index (κ1) is 18.5. The van der Waals surface area contributed by atoms with Crippen LogP contribution in [0.5, 0.6) is 5.75 Å². The molecule has 0 aliphatic rings. The van der Waals surface area contributed by atoms with Crippen molar-refractivity contribution in [3.63, 3.8) is 0 Å². The largest absolute Gasteiger partial charge is 0.543 e. The van der Waals surface area contributed by atoms with Crippen molar-refractivity contribution in [3.05, 3.63) is 42.5 Å². The second-order valence-electron chi connectivity index (χ2n) is 8.09. The predicted molar refractivity (Wildman–Crippen MR) is 110 cm³/mol. The molecule has 0 radical (unpaired) electrons. The molecule has 3 aromatic rings. The Labute approximate surface area is 155 Å². The van der Waals surface area contributed by atoms with Crippen molar-refractivity contribution < 1.29 is 14.0 Å². The van der Waals surface area contributed by atoms with Crippen LogP contribution in [0.3, 0.4) is 0 Å². The van der Waals surface area contributed by atoms with Crippen molar-refractivity contribution >= 4 is 36.2 Å².